The van der Waals surface area contributed by atoms with E-state index >= 15 is 0 Å². The molecule has 1 aliphatic rings. The quantitative estimate of drug-likeness (QED) is 0.782. The summed E-state index contributed by atoms with van der Waals surface area (Å²) in [6.07, 6.45) is 0.335. The van der Waals surface area contributed by atoms with Crippen LogP contribution in [0.25, 0.3) is 0 Å². The van der Waals surface area contributed by atoms with Gasteiger partial charge in [-0.3, -0.25) is 9.59 Å². The van der Waals surface area contributed by atoms with E-state index in [9.17, 15) is 14.7 Å². The van der Waals surface area contributed by atoms with E-state index in [0.717, 1.165) is 12.3 Å². The summed E-state index contributed by atoms with van der Waals surface area (Å²) in [5, 5.41) is 12.0. The second-order valence-electron chi connectivity index (χ2n) is 6.92. The lowest BCUT2D eigenvalue weighted by molar-refractivity contribution is -0.142. The highest BCUT2D eigenvalue weighted by molar-refractivity contribution is 5.90. The number of para-hydroxylation sites is 1. The molecule has 0 saturated carbocycles. The third-order valence-corrected chi connectivity index (χ3v) is 4.78. The van der Waals surface area contributed by atoms with Crippen molar-refractivity contribution in [3.8, 4) is 11.5 Å². The topological polar surface area (TPSA) is 78.9 Å². The monoisotopic (exact) mass is 368 g/mol. The Morgan fingerprint density at radius 3 is 2.37 bits per heavy atom. The van der Waals surface area contributed by atoms with E-state index in [1.807, 2.05) is 54.3 Å². The standard InChI is InChI=1S/C21H24N2O4/c1-15-13-23(14-19(15)21(25)26)12-11-20(24)22-16-7-9-18(10-8-16)27-17-5-3-2-4-6-17/h2-10,15,19H,11-14H2,1H3,(H,22,24)(H,25,26)/t15-,19-/m1/s1. The van der Waals surface area contributed by atoms with E-state index in [0.29, 0.717) is 30.9 Å². The fraction of sp³-hybridized carbons (Fsp3) is 0.333. The zero-order valence-corrected chi connectivity index (χ0v) is 15.3. The number of hydrogen-bond acceptors (Lipinski definition) is 4. The molecule has 2 atom stereocenters. The SMILES string of the molecule is C[C@@H]1CN(CCC(=O)Nc2ccc(Oc3ccccc3)cc2)C[C@H]1C(=O)O. The Labute approximate surface area is 158 Å². The minimum absolute atomic E-state index is 0.0850. The number of benzene rings is 2. The maximum Gasteiger partial charge on any atom is 0.308 e. The molecule has 1 amide bonds. The van der Waals surface area contributed by atoms with Crippen LogP contribution in [0.1, 0.15) is 13.3 Å². The highest BCUT2D eigenvalue weighted by Crippen LogP contribution is 2.24. The zero-order valence-electron chi connectivity index (χ0n) is 15.3. The number of hydrogen-bond donors (Lipinski definition) is 2. The van der Waals surface area contributed by atoms with Gasteiger partial charge in [0.2, 0.25) is 5.91 Å². The summed E-state index contributed by atoms with van der Waals surface area (Å²) in [6.45, 7) is 3.73. The first-order valence-corrected chi connectivity index (χ1v) is 9.09. The Bertz CT molecular complexity index is 777. The molecular weight excluding hydrogens is 344 g/mol. The number of ether oxygens (including phenoxy) is 1. The van der Waals surface area contributed by atoms with Crippen LogP contribution in [0.3, 0.4) is 0 Å². The Hall–Kier alpha value is -2.86. The zero-order chi connectivity index (χ0) is 19.2. The van der Waals surface area contributed by atoms with E-state index in [-0.39, 0.29) is 17.7 Å². The highest BCUT2D eigenvalue weighted by atomic mass is 16.5. The van der Waals surface area contributed by atoms with Crippen molar-refractivity contribution < 1.29 is 19.4 Å². The van der Waals surface area contributed by atoms with Crippen molar-refractivity contribution in [2.75, 3.05) is 25.0 Å². The van der Waals surface area contributed by atoms with Crippen LogP contribution in [0.5, 0.6) is 11.5 Å². The van der Waals surface area contributed by atoms with Crippen molar-refractivity contribution in [3.63, 3.8) is 0 Å². The molecule has 1 fully saturated rings. The second-order valence-corrected chi connectivity index (χ2v) is 6.92. The number of anilines is 1. The predicted molar refractivity (Wildman–Crippen MR) is 103 cm³/mol. The molecule has 0 radical (unpaired) electrons. The molecule has 6 nitrogen and oxygen atoms in total. The summed E-state index contributed by atoms with van der Waals surface area (Å²) in [7, 11) is 0. The molecule has 0 unspecified atom stereocenters. The van der Waals surface area contributed by atoms with E-state index < -0.39 is 5.97 Å². The normalized spacial score (nSPS) is 19.6. The molecular formula is C21H24N2O4. The van der Waals surface area contributed by atoms with Gasteiger partial charge in [0.05, 0.1) is 5.92 Å². The van der Waals surface area contributed by atoms with Crippen LogP contribution in [0.2, 0.25) is 0 Å². The fourth-order valence-electron chi connectivity index (χ4n) is 3.29. The van der Waals surface area contributed by atoms with Crippen LogP contribution in [0, 0.1) is 11.8 Å². The van der Waals surface area contributed by atoms with Crippen molar-refractivity contribution in [1.82, 2.24) is 4.90 Å². The molecule has 27 heavy (non-hydrogen) atoms. The number of carboxylic acids is 1. The van der Waals surface area contributed by atoms with Gasteiger partial charge in [0.1, 0.15) is 11.5 Å². The lowest BCUT2D eigenvalue weighted by atomic mass is 9.99. The van der Waals surface area contributed by atoms with E-state index in [2.05, 4.69) is 5.32 Å². The number of aliphatic carboxylic acids is 1. The summed E-state index contributed by atoms with van der Waals surface area (Å²) >= 11 is 0. The number of amides is 1. The van der Waals surface area contributed by atoms with Gasteiger partial charge in [-0.05, 0) is 42.3 Å². The van der Waals surface area contributed by atoms with Crippen LogP contribution >= 0.6 is 0 Å². The molecule has 0 aliphatic carbocycles. The maximum atomic E-state index is 12.2. The van der Waals surface area contributed by atoms with Gasteiger partial charge < -0.3 is 20.1 Å². The number of carboxylic acid groups (broad SMARTS) is 1. The lowest BCUT2D eigenvalue weighted by Crippen LogP contribution is -2.27. The average Bonchev–Trinajstić information content (AvgIpc) is 3.04. The van der Waals surface area contributed by atoms with Gasteiger partial charge in [-0.1, -0.05) is 25.1 Å². The molecule has 2 aromatic carbocycles. The van der Waals surface area contributed by atoms with Crippen LogP contribution in [0.15, 0.2) is 54.6 Å². The Balaban J connectivity index is 1.45. The van der Waals surface area contributed by atoms with Crippen LogP contribution in [-0.4, -0.2) is 41.5 Å². The minimum atomic E-state index is -0.757. The van der Waals surface area contributed by atoms with Gasteiger partial charge in [-0.15, -0.1) is 0 Å². The van der Waals surface area contributed by atoms with Gasteiger partial charge in [0.25, 0.3) is 0 Å². The Morgan fingerprint density at radius 1 is 1.07 bits per heavy atom. The van der Waals surface area contributed by atoms with Crippen molar-refractivity contribution in [3.05, 3.63) is 54.6 Å². The average molecular weight is 368 g/mol. The summed E-state index contributed by atoms with van der Waals surface area (Å²) < 4.78 is 5.73. The third kappa shape index (κ3) is 5.31. The van der Waals surface area contributed by atoms with Gasteiger partial charge >= 0.3 is 5.97 Å². The Morgan fingerprint density at radius 2 is 1.74 bits per heavy atom. The van der Waals surface area contributed by atoms with Gasteiger partial charge in [-0.2, -0.15) is 0 Å². The molecule has 1 saturated heterocycles. The summed E-state index contributed by atoms with van der Waals surface area (Å²) in [6, 6.07) is 16.7. The van der Waals surface area contributed by atoms with Crippen molar-refractivity contribution in [1.29, 1.82) is 0 Å². The largest absolute Gasteiger partial charge is 0.481 e. The summed E-state index contributed by atoms with van der Waals surface area (Å²) in [5.41, 5.74) is 0.707. The molecule has 2 N–H and O–H groups in total. The number of likely N-dealkylation sites (tertiary alicyclic amines) is 1. The van der Waals surface area contributed by atoms with E-state index in [1.165, 1.54) is 0 Å². The summed E-state index contributed by atoms with van der Waals surface area (Å²) in [4.78, 5) is 25.4. The highest BCUT2D eigenvalue weighted by Gasteiger charge is 2.34. The number of carbonyl (C=O) groups is 2. The van der Waals surface area contributed by atoms with Crippen LogP contribution in [0.4, 0.5) is 5.69 Å². The number of carbonyl (C=O) groups excluding carboxylic acids is 1. The van der Waals surface area contributed by atoms with Crippen molar-refractivity contribution in [2.24, 2.45) is 11.8 Å². The first-order chi connectivity index (χ1) is 13.0. The minimum Gasteiger partial charge on any atom is -0.481 e. The third-order valence-electron chi connectivity index (χ3n) is 4.78. The molecule has 6 heteroatoms. The van der Waals surface area contributed by atoms with Crippen LogP contribution < -0.4 is 10.1 Å². The van der Waals surface area contributed by atoms with Gasteiger partial charge in [-0.25, -0.2) is 0 Å². The molecule has 142 valence electrons. The molecule has 1 heterocycles. The molecule has 0 aromatic heterocycles. The molecule has 0 bridgehead atoms. The first-order valence-electron chi connectivity index (χ1n) is 9.09. The van der Waals surface area contributed by atoms with Crippen molar-refractivity contribution >= 4 is 17.6 Å². The van der Waals surface area contributed by atoms with Gasteiger partial charge in [0, 0.05) is 31.7 Å². The fourth-order valence-corrected chi connectivity index (χ4v) is 3.29. The van der Waals surface area contributed by atoms with Crippen LogP contribution in [-0.2, 0) is 9.59 Å². The van der Waals surface area contributed by atoms with Crippen molar-refractivity contribution in [2.45, 2.75) is 13.3 Å². The smallest absolute Gasteiger partial charge is 0.308 e. The van der Waals surface area contributed by atoms with Gasteiger partial charge in [0.15, 0.2) is 0 Å². The van der Waals surface area contributed by atoms with E-state index in [4.69, 9.17) is 4.74 Å². The number of nitrogens with one attached hydrogen (secondary N) is 1. The molecule has 3 rings (SSSR count). The maximum absolute atomic E-state index is 12.2. The number of nitrogens with zero attached hydrogens (tertiary/aromatic N) is 1. The molecule has 2 aromatic rings. The molecule has 1 aliphatic heterocycles. The summed E-state index contributed by atoms with van der Waals surface area (Å²) in [5.74, 6) is 0.386. The Kier molecular flexibility index (Phi) is 6.08. The first kappa shape index (κ1) is 18.9. The number of rotatable bonds is 7. The van der Waals surface area contributed by atoms with E-state index in [1.54, 1.807) is 12.1 Å². The lowest BCUT2D eigenvalue weighted by Gasteiger charge is -2.15. The molecule has 0 spiro atoms. The predicted octanol–water partition coefficient (Wildman–Crippen LogP) is 3.46. The second kappa shape index (κ2) is 8.68.